The monoisotopic (exact) mass is 469 g/mol. The van der Waals surface area contributed by atoms with Crippen molar-refractivity contribution < 1.29 is 14.7 Å². The number of rotatable bonds is 4. The largest absolute Gasteiger partial charge is 0.477 e. The molecule has 0 bridgehead atoms. The Morgan fingerprint density at radius 3 is 2.56 bits per heavy atom. The van der Waals surface area contributed by atoms with Gasteiger partial charge in [0.1, 0.15) is 15.9 Å². The van der Waals surface area contributed by atoms with E-state index >= 15 is 0 Å². The summed E-state index contributed by atoms with van der Waals surface area (Å²) >= 11 is 11.3. The third-order valence-electron chi connectivity index (χ3n) is 5.12. The van der Waals surface area contributed by atoms with E-state index in [9.17, 15) is 14.4 Å². The zero-order valence-electron chi connectivity index (χ0n) is 16.8. The summed E-state index contributed by atoms with van der Waals surface area (Å²) in [7, 11) is 0. The molecular formula is C23H17Cl2N3O4. The number of carbonyl (C=O) groups is 2. The molecule has 162 valence electrons. The van der Waals surface area contributed by atoms with Crippen LogP contribution in [0.15, 0.2) is 63.4 Å². The molecule has 1 amide bonds. The molecule has 0 radical (unpaired) electrons. The van der Waals surface area contributed by atoms with Crippen LogP contribution in [0.3, 0.4) is 0 Å². The van der Waals surface area contributed by atoms with E-state index in [4.69, 9.17) is 33.3 Å². The lowest BCUT2D eigenvalue weighted by atomic mass is 10.1. The van der Waals surface area contributed by atoms with Crippen molar-refractivity contribution in [2.24, 2.45) is 0 Å². The number of carboxylic acid groups (broad SMARTS) is 1. The van der Waals surface area contributed by atoms with E-state index in [2.05, 4.69) is 5.32 Å². The average molecular weight is 470 g/mol. The van der Waals surface area contributed by atoms with Gasteiger partial charge in [-0.15, -0.1) is 0 Å². The summed E-state index contributed by atoms with van der Waals surface area (Å²) in [4.78, 5) is 40.9. The molecule has 4 rings (SSSR count). The van der Waals surface area contributed by atoms with Crippen molar-refractivity contribution in [2.75, 3.05) is 5.32 Å². The fraction of sp³-hybridized carbons (Fsp3) is 0.130. The molecule has 1 unspecified atom stereocenters. The first-order valence-electron chi connectivity index (χ1n) is 9.68. The molecule has 0 spiro atoms. The number of anilines is 1. The second-order valence-corrected chi connectivity index (χ2v) is 8.12. The summed E-state index contributed by atoms with van der Waals surface area (Å²) in [6.45, 7) is 1.97. The number of benzene rings is 2. The maximum absolute atomic E-state index is 13.1. The van der Waals surface area contributed by atoms with Crippen LogP contribution in [0.25, 0.3) is 22.6 Å². The molecule has 3 aromatic rings. The van der Waals surface area contributed by atoms with E-state index in [1.807, 2.05) is 43.3 Å². The van der Waals surface area contributed by atoms with Crippen molar-refractivity contribution in [2.45, 2.75) is 19.4 Å². The van der Waals surface area contributed by atoms with Crippen LogP contribution in [0, 0.1) is 0 Å². The Labute approximate surface area is 192 Å². The number of halogens is 2. The molecule has 2 N–H and O–H groups in total. The molecule has 1 aliphatic rings. The van der Waals surface area contributed by atoms with Crippen LogP contribution in [0.5, 0.6) is 0 Å². The standard InChI is InChI=1S/C23H17Cl2N3O4/c1-12-9-14(10-13-5-3-2-4-6-13)20-27-17-11-15(7-8-16(17)22(30)28(12)20)26-21(29)18(24)19(25)23(31)32/h2-8,10-12H,9H2,1H3,(H,26,29)(H,31,32)/b14-10?,19-18-. The SMILES string of the molecule is CC1CC(=Cc2ccccc2)c2nc3cc(NC(=O)/C(Cl)=C(/Cl)C(=O)O)ccc3c(=O)n21. The quantitative estimate of drug-likeness (QED) is 0.543. The van der Waals surface area contributed by atoms with Crippen molar-refractivity contribution in [3.05, 3.63) is 80.3 Å². The normalized spacial score (nSPS) is 17.2. The van der Waals surface area contributed by atoms with Gasteiger partial charge in [0.2, 0.25) is 0 Å². The third-order valence-corrected chi connectivity index (χ3v) is 5.93. The maximum atomic E-state index is 13.1. The molecule has 1 atom stereocenters. The fourth-order valence-corrected chi connectivity index (χ4v) is 3.88. The number of carbonyl (C=O) groups excluding carboxylic acids is 1. The Balaban J connectivity index is 1.76. The Morgan fingerprint density at radius 1 is 1.16 bits per heavy atom. The van der Waals surface area contributed by atoms with Crippen LogP contribution < -0.4 is 10.9 Å². The zero-order valence-corrected chi connectivity index (χ0v) is 18.3. The number of nitrogens with zero attached hydrogens (tertiary/aromatic N) is 2. The number of carboxylic acids is 1. The molecule has 9 heteroatoms. The van der Waals surface area contributed by atoms with Crippen LogP contribution in [-0.2, 0) is 9.59 Å². The van der Waals surface area contributed by atoms with Crippen LogP contribution >= 0.6 is 23.2 Å². The van der Waals surface area contributed by atoms with Gasteiger partial charge in [-0.05, 0) is 48.8 Å². The molecule has 2 heterocycles. The van der Waals surface area contributed by atoms with Gasteiger partial charge in [-0.25, -0.2) is 9.78 Å². The summed E-state index contributed by atoms with van der Waals surface area (Å²) in [6, 6.07) is 14.4. The first-order chi connectivity index (χ1) is 15.3. The number of amides is 1. The highest BCUT2D eigenvalue weighted by Crippen LogP contribution is 2.34. The summed E-state index contributed by atoms with van der Waals surface area (Å²) in [5, 5.41) is 10.3. The van der Waals surface area contributed by atoms with Gasteiger partial charge in [0.05, 0.1) is 10.9 Å². The van der Waals surface area contributed by atoms with Crippen molar-refractivity contribution in [3.8, 4) is 0 Å². The lowest BCUT2D eigenvalue weighted by Crippen LogP contribution is -2.23. The first kappa shape index (κ1) is 21.8. The molecule has 1 aliphatic heterocycles. The zero-order chi connectivity index (χ0) is 23.0. The lowest BCUT2D eigenvalue weighted by molar-refractivity contribution is -0.132. The van der Waals surface area contributed by atoms with E-state index in [0.717, 1.165) is 11.1 Å². The number of hydrogen-bond acceptors (Lipinski definition) is 4. The Kier molecular flexibility index (Phi) is 5.86. The molecular weight excluding hydrogens is 453 g/mol. The number of fused-ring (bicyclic) bond motifs is 2. The molecule has 7 nitrogen and oxygen atoms in total. The van der Waals surface area contributed by atoms with Gasteiger partial charge in [0.15, 0.2) is 0 Å². The number of hydrogen-bond donors (Lipinski definition) is 2. The topological polar surface area (TPSA) is 101 Å². The maximum Gasteiger partial charge on any atom is 0.349 e. The summed E-state index contributed by atoms with van der Waals surface area (Å²) in [5.74, 6) is -1.81. The molecule has 0 saturated heterocycles. The van der Waals surface area contributed by atoms with Crippen molar-refractivity contribution in [1.29, 1.82) is 0 Å². The van der Waals surface area contributed by atoms with Crippen molar-refractivity contribution >= 4 is 63.3 Å². The summed E-state index contributed by atoms with van der Waals surface area (Å²) in [6.07, 6.45) is 2.68. The van der Waals surface area contributed by atoms with Crippen LogP contribution in [0.1, 0.15) is 30.8 Å². The minimum absolute atomic E-state index is 0.0363. The second-order valence-electron chi connectivity index (χ2n) is 7.36. The van der Waals surface area contributed by atoms with E-state index in [0.29, 0.717) is 28.8 Å². The van der Waals surface area contributed by atoms with E-state index in [1.165, 1.54) is 12.1 Å². The van der Waals surface area contributed by atoms with Gasteiger partial charge >= 0.3 is 5.97 Å². The molecule has 1 aromatic heterocycles. The third kappa shape index (κ3) is 4.04. The van der Waals surface area contributed by atoms with E-state index in [1.54, 1.807) is 10.6 Å². The van der Waals surface area contributed by atoms with Gasteiger partial charge in [-0.3, -0.25) is 14.2 Å². The number of allylic oxidation sites excluding steroid dienone is 1. The van der Waals surface area contributed by atoms with E-state index in [-0.39, 0.29) is 11.6 Å². The number of aromatic nitrogens is 2. The van der Waals surface area contributed by atoms with Gasteiger partial charge in [-0.1, -0.05) is 53.5 Å². The minimum atomic E-state index is -1.51. The van der Waals surface area contributed by atoms with Gasteiger partial charge < -0.3 is 10.4 Å². The summed E-state index contributed by atoms with van der Waals surface area (Å²) in [5.41, 5.74) is 2.48. The Bertz CT molecular complexity index is 1380. The number of aliphatic carboxylic acids is 1. The Hall–Kier alpha value is -3.42. The van der Waals surface area contributed by atoms with E-state index < -0.39 is 21.9 Å². The van der Waals surface area contributed by atoms with Crippen molar-refractivity contribution in [1.82, 2.24) is 9.55 Å². The molecule has 0 saturated carbocycles. The van der Waals surface area contributed by atoms with Crippen LogP contribution in [0.4, 0.5) is 5.69 Å². The molecule has 0 aliphatic carbocycles. The average Bonchev–Trinajstić information content (AvgIpc) is 3.08. The highest BCUT2D eigenvalue weighted by Gasteiger charge is 2.27. The Morgan fingerprint density at radius 2 is 1.88 bits per heavy atom. The smallest absolute Gasteiger partial charge is 0.349 e. The highest BCUT2D eigenvalue weighted by molar-refractivity contribution is 6.54. The summed E-state index contributed by atoms with van der Waals surface area (Å²) < 4.78 is 1.68. The van der Waals surface area contributed by atoms with Gasteiger partial charge in [0.25, 0.3) is 11.5 Å². The molecule has 2 aromatic carbocycles. The van der Waals surface area contributed by atoms with Crippen LogP contribution in [-0.4, -0.2) is 26.5 Å². The predicted octanol–water partition coefficient (Wildman–Crippen LogP) is 4.61. The highest BCUT2D eigenvalue weighted by atomic mass is 35.5. The van der Waals surface area contributed by atoms with Crippen LogP contribution in [0.2, 0.25) is 0 Å². The first-order valence-corrected chi connectivity index (χ1v) is 10.4. The van der Waals surface area contributed by atoms with Crippen molar-refractivity contribution in [3.63, 3.8) is 0 Å². The molecule has 32 heavy (non-hydrogen) atoms. The second kappa shape index (κ2) is 8.61. The lowest BCUT2D eigenvalue weighted by Gasteiger charge is -2.11. The fourth-order valence-electron chi connectivity index (χ4n) is 3.67. The predicted molar refractivity (Wildman–Crippen MR) is 125 cm³/mol. The van der Waals surface area contributed by atoms with Gasteiger partial charge in [-0.2, -0.15) is 0 Å². The molecule has 0 fully saturated rings. The minimum Gasteiger partial charge on any atom is -0.477 e. The van der Waals surface area contributed by atoms with Gasteiger partial charge in [0, 0.05) is 11.7 Å². The number of nitrogens with one attached hydrogen (secondary N) is 1.